The number of carbonyl (C=O) groups excluding carboxylic acids is 1. The fraction of sp³-hybridized carbons (Fsp3) is 0.222. The van der Waals surface area contributed by atoms with Gasteiger partial charge in [-0.05, 0) is 43.7 Å². The average Bonchev–Trinajstić information content (AvgIpc) is 2.96. The maximum absolute atomic E-state index is 12.6. The Morgan fingerprint density at radius 1 is 1.20 bits per heavy atom. The minimum Gasteiger partial charge on any atom is -0.311 e. The summed E-state index contributed by atoms with van der Waals surface area (Å²) in [7, 11) is -3.87. The van der Waals surface area contributed by atoms with Gasteiger partial charge >= 0.3 is 0 Å². The van der Waals surface area contributed by atoms with Crippen LogP contribution in [0.5, 0.6) is 0 Å². The average molecular weight is 355 g/mol. The maximum Gasteiger partial charge on any atom is 0.245 e. The van der Waals surface area contributed by atoms with Crippen LogP contribution in [0.4, 0.5) is 5.69 Å². The third kappa shape index (κ3) is 3.55. The molecule has 25 heavy (non-hydrogen) atoms. The van der Waals surface area contributed by atoms with Gasteiger partial charge in [-0.2, -0.15) is 9.98 Å². The zero-order valence-electron chi connectivity index (χ0n) is 13.6. The highest BCUT2D eigenvalue weighted by atomic mass is 32.2. The summed E-state index contributed by atoms with van der Waals surface area (Å²) >= 11 is 0. The Bertz CT molecular complexity index is 946. The van der Waals surface area contributed by atoms with Crippen LogP contribution in [0.3, 0.4) is 0 Å². The third-order valence-electron chi connectivity index (χ3n) is 4.12. The van der Waals surface area contributed by atoms with Gasteiger partial charge in [0.15, 0.2) is 0 Å². The maximum atomic E-state index is 12.6. The van der Waals surface area contributed by atoms with Crippen molar-refractivity contribution in [3.63, 3.8) is 0 Å². The molecule has 2 aromatic rings. The van der Waals surface area contributed by atoms with Gasteiger partial charge in [0.2, 0.25) is 15.9 Å². The van der Waals surface area contributed by atoms with E-state index in [1.165, 1.54) is 24.3 Å². The zero-order chi connectivity index (χ0) is 18.0. The Morgan fingerprint density at radius 3 is 2.60 bits per heavy atom. The molecule has 1 saturated heterocycles. The summed E-state index contributed by atoms with van der Waals surface area (Å²) in [4.78, 5) is 14.1. The molecule has 1 fully saturated rings. The third-order valence-corrected chi connectivity index (χ3v) is 5.59. The second-order valence-electron chi connectivity index (χ2n) is 5.93. The van der Waals surface area contributed by atoms with Crippen molar-refractivity contribution in [2.45, 2.75) is 24.3 Å². The molecule has 1 N–H and O–H groups in total. The number of aryl methyl sites for hydroxylation is 1. The van der Waals surface area contributed by atoms with Crippen molar-refractivity contribution < 1.29 is 13.2 Å². The van der Waals surface area contributed by atoms with E-state index in [0.29, 0.717) is 13.0 Å². The van der Waals surface area contributed by atoms with Crippen LogP contribution < -0.4 is 9.62 Å². The first-order valence-electron chi connectivity index (χ1n) is 7.81. The van der Waals surface area contributed by atoms with Gasteiger partial charge in [0.1, 0.15) is 6.04 Å². The van der Waals surface area contributed by atoms with Crippen LogP contribution in [0.25, 0.3) is 0 Å². The van der Waals surface area contributed by atoms with Crippen molar-refractivity contribution >= 4 is 21.6 Å². The predicted octanol–water partition coefficient (Wildman–Crippen LogP) is 1.95. The molecule has 0 unspecified atom stereocenters. The number of amides is 1. The van der Waals surface area contributed by atoms with Gasteiger partial charge in [-0.15, -0.1) is 0 Å². The van der Waals surface area contributed by atoms with Crippen LogP contribution in [0, 0.1) is 18.3 Å². The first kappa shape index (κ1) is 17.1. The first-order chi connectivity index (χ1) is 11.9. The van der Waals surface area contributed by atoms with E-state index in [1.54, 1.807) is 4.90 Å². The van der Waals surface area contributed by atoms with E-state index < -0.39 is 16.1 Å². The van der Waals surface area contributed by atoms with Gasteiger partial charge in [0.05, 0.1) is 16.5 Å². The highest BCUT2D eigenvalue weighted by Gasteiger charge is 2.35. The molecule has 0 aromatic heterocycles. The van der Waals surface area contributed by atoms with E-state index in [-0.39, 0.29) is 16.4 Å². The lowest BCUT2D eigenvalue weighted by Gasteiger charge is -2.17. The van der Waals surface area contributed by atoms with Crippen LogP contribution in [0.2, 0.25) is 0 Å². The molecule has 6 nitrogen and oxygen atoms in total. The number of hydrogen-bond donors (Lipinski definition) is 1. The Labute approximate surface area is 146 Å². The number of anilines is 1. The van der Waals surface area contributed by atoms with Gasteiger partial charge in [0, 0.05) is 12.2 Å². The van der Waals surface area contributed by atoms with Crippen molar-refractivity contribution in [2.75, 3.05) is 11.4 Å². The Hall–Kier alpha value is -2.69. The molecular weight excluding hydrogens is 338 g/mol. The van der Waals surface area contributed by atoms with E-state index in [9.17, 15) is 13.2 Å². The summed E-state index contributed by atoms with van der Waals surface area (Å²) in [6.45, 7) is 2.41. The highest BCUT2D eigenvalue weighted by molar-refractivity contribution is 7.89. The van der Waals surface area contributed by atoms with E-state index in [1.807, 2.05) is 37.3 Å². The number of benzene rings is 2. The summed E-state index contributed by atoms with van der Waals surface area (Å²) in [5, 5.41) is 8.91. The molecular formula is C18H17N3O3S. The van der Waals surface area contributed by atoms with Gasteiger partial charge in [-0.1, -0.05) is 23.8 Å². The SMILES string of the molecule is Cc1ccc(N2CC[C@@H](NS(=O)(=O)c3cccc(C#N)c3)C2=O)cc1. The molecule has 0 bridgehead atoms. The summed E-state index contributed by atoms with van der Waals surface area (Å²) < 4.78 is 27.5. The Kier molecular flexibility index (Phi) is 4.57. The van der Waals surface area contributed by atoms with Crippen molar-refractivity contribution in [2.24, 2.45) is 0 Å². The Balaban J connectivity index is 1.78. The lowest BCUT2D eigenvalue weighted by molar-refractivity contribution is -0.118. The summed E-state index contributed by atoms with van der Waals surface area (Å²) in [5.74, 6) is -0.274. The molecule has 3 rings (SSSR count). The van der Waals surface area contributed by atoms with E-state index in [2.05, 4.69) is 4.72 Å². The molecule has 0 aliphatic carbocycles. The molecule has 1 aliphatic rings. The van der Waals surface area contributed by atoms with Gasteiger partial charge in [-0.3, -0.25) is 4.79 Å². The van der Waals surface area contributed by atoms with Crippen molar-refractivity contribution in [3.8, 4) is 6.07 Å². The largest absolute Gasteiger partial charge is 0.311 e. The summed E-state index contributed by atoms with van der Waals surface area (Å²) in [6.07, 6.45) is 0.393. The molecule has 7 heteroatoms. The number of nitrogens with zero attached hydrogens (tertiary/aromatic N) is 2. The number of rotatable bonds is 4. The second-order valence-corrected chi connectivity index (χ2v) is 7.64. The fourth-order valence-corrected chi connectivity index (χ4v) is 4.03. The molecule has 2 aromatic carbocycles. The van der Waals surface area contributed by atoms with Gasteiger partial charge < -0.3 is 4.90 Å². The topological polar surface area (TPSA) is 90.3 Å². The van der Waals surface area contributed by atoms with Crippen molar-refractivity contribution in [1.82, 2.24) is 4.72 Å². The monoisotopic (exact) mass is 355 g/mol. The van der Waals surface area contributed by atoms with E-state index in [0.717, 1.165) is 11.3 Å². The van der Waals surface area contributed by atoms with Crippen LogP contribution in [0.1, 0.15) is 17.5 Å². The molecule has 128 valence electrons. The van der Waals surface area contributed by atoms with E-state index >= 15 is 0 Å². The summed E-state index contributed by atoms with van der Waals surface area (Å²) in [5.41, 5.74) is 2.09. The first-order valence-corrected chi connectivity index (χ1v) is 9.29. The molecule has 1 amide bonds. The number of nitriles is 1. The Morgan fingerprint density at radius 2 is 1.92 bits per heavy atom. The van der Waals surface area contributed by atoms with Crippen LogP contribution >= 0.6 is 0 Å². The van der Waals surface area contributed by atoms with E-state index in [4.69, 9.17) is 5.26 Å². The van der Waals surface area contributed by atoms with Gasteiger partial charge in [0.25, 0.3) is 0 Å². The number of hydrogen-bond acceptors (Lipinski definition) is 4. The number of sulfonamides is 1. The van der Waals surface area contributed by atoms with Crippen molar-refractivity contribution in [1.29, 1.82) is 5.26 Å². The number of carbonyl (C=O) groups is 1. The second kappa shape index (κ2) is 6.67. The fourth-order valence-electron chi connectivity index (χ4n) is 2.76. The number of nitrogens with one attached hydrogen (secondary N) is 1. The van der Waals surface area contributed by atoms with Crippen LogP contribution in [-0.4, -0.2) is 26.9 Å². The standard InChI is InChI=1S/C18H17N3O3S/c1-13-5-7-15(8-6-13)21-10-9-17(18(21)22)20-25(23,24)16-4-2-3-14(11-16)12-19/h2-8,11,17,20H,9-10H2,1H3/t17-/m1/s1. The molecule has 1 aliphatic heterocycles. The highest BCUT2D eigenvalue weighted by Crippen LogP contribution is 2.23. The summed E-state index contributed by atoms with van der Waals surface area (Å²) in [6, 6.07) is 14.3. The van der Waals surface area contributed by atoms with Gasteiger partial charge in [-0.25, -0.2) is 8.42 Å². The molecule has 0 radical (unpaired) electrons. The lowest BCUT2D eigenvalue weighted by atomic mass is 10.2. The molecule has 1 heterocycles. The zero-order valence-corrected chi connectivity index (χ0v) is 14.5. The molecule has 1 atom stereocenters. The predicted molar refractivity (Wildman–Crippen MR) is 93.4 cm³/mol. The smallest absolute Gasteiger partial charge is 0.245 e. The lowest BCUT2D eigenvalue weighted by Crippen LogP contribution is -2.41. The molecule has 0 spiro atoms. The normalized spacial score (nSPS) is 17.5. The molecule has 0 saturated carbocycles. The minimum absolute atomic E-state index is 0.0202. The quantitative estimate of drug-likeness (QED) is 0.908. The van der Waals surface area contributed by atoms with Crippen molar-refractivity contribution in [3.05, 3.63) is 59.7 Å². The van der Waals surface area contributed by atoms with Crippen LogP contribution in [0.15, 0.2) is 53.4 Å². The minimum atomic E-state index is -3.87. The van der Waals surface area contributed by atoms with Crippen LogP contribution in [-0.2, 0) is 14.8 Å².